The topological polar surface area (TPSA) is 84.0 Å². The van der Waals surface area contributed by atoms with Gasteiger partial charge in [0.15, 0.2) is 0 Å². The maximum atomic E-state index is 12.7. The first-order valence-electron chi connectivity index (χ1n) is 11.1. The van der Waals surface area contributed by atoms with E-state index in [-0.39, 0.29) is 17.6 Å². The van der Waals surface area contributed by atoms with E-state index >= 15 is 0 Å². The van der Waals surface area contributed by atoms with E-state index in [1.807, 2.05) is 23.5 Å². The number of benzene rings is 1. The fraction of sp³-hybridized carbons (Fsp3) is 0.417. The van der Waals surface area contributed by atoms with Crippen molar-refractivity contribution in [2.75, 3.05) is 16.4 Å². The Balaban J connectivity index is 1.35. The number of thiophene rings is 1. The van der Waals surface area contributed by atoms with Crippen LogP contribution in [0.15, 0.2) is 29.3 Å². The number of amides is 2. The summed E-state index contributed by atoms with van der Waals surface area (Å²) in [7, 11) is 0. The Labute approximate surface area is 195 Å². The van der Waals surface area contributed by atoms with Crippen molar-refractivity contribution in [1.29, 1.82) is 0 Å². The predicted octanol–water partition coefficient (Wildman–Crippen LogP) is 5.38. The van der Waals surface area contributed by atoms with Gasteiger partial charge in [-0.25, -0.2) is 9.97 Å². The highest BCUT2D eigenvalue weighted by molar-refractivity contribution is 8.00. The molecule has 2 amide bonds. The molecule has 1 atom stereocenters. The van der Waals surface area contributed by atoms with Gasteiger partial charge in [-0.05, 0) is 61.8 Å². The minimum atomic E-state index is -0.142. The molecule has 3 aromatic rings. The second-order valence-corrected chi connectivity index (χ2v) is 10.8. The number of hydrogen-bond acceptors (Lipinski definition) is 6. The first kappa shape index (κ1) is 21.4. The number of nitrogens with one attached hydrogen (secondary N) is 2. The third kappa shape index (κ3) is 4.66. The standard InChI is InChI=1S/C24H26N4O2S2/c1-13-6-9-18-19(10-13)32-24-21(18)23(27-22(28-24)15-7-8-15)31-12-20(30)26-17-5-3-4-16(11-17)25-14(2)29/h3-5,11,13,15H,6-10,12H2,1-2H3,(H,25,29)(H,26,30)/t13-/m0/s1. The van der Waals surface area contributed by atoms with Crippen molar-refractivity contribution in [2.24, 2.45) is 5.92 Å². The minimum absolute atomic E-state index is 0.0903. The second-order valence-electron chi connectivity index (χ2n) is 8.79. The molecule has 0 aliphatic heterocycles. The van der Waals surface area contributed by atoms with Crippen LogP contribution in [-0.2, 0) is 22.4 Å². The quantitative estimate of drug-likeness (QED) is 0.376. The Morgan fingerprint density at radius 1 is 1.16 bits per heavy atom. The van der Waals surface area contributed by atoms with E-state index in [0.29, 0.717) is 23.2 Å². The smallest absolute Gasteiger partial charge is 0.234 e. The monoisotopic (exact) mass is 466 g/mol. The summed E-state index contributed by atoms with van der Waals surface area (Å²) in [6, 6.07) is 7.18. The summed E-state index contributed by atoms with van der Waals surface area (Å²) in [5.74, 6) is 2.17. The van der Waals surface area contributed by atoms with Crippen LogP contribution in [0, 0.1) is 5.92 Å². The van der Waals surface area contributed by atoms with Crippen LogP contribution in [0.25, 0.3) is 10.2 Å². The fourth-order valence-corrected chi connectivity index (χ4v) is 6.48. The Morgan fingerprint density at radius 2 is 1.94 bits per heavy atom. The van der Waals surface area contributed by atoms with E-state index in [4.69, 9.17) is 9.97 Å². The predicted molar refractivity (Wildman–Crippen MR) is 131 cm³/mol. The van der Waals surface area contributed by atoms with E-state index in [9.17, 15) is 9.59 Å². The molecule has 0 spiro atoms. The van der Waals surface area contributed by atoms with Gasteiger partial charge in [-0.2, -0.15) is 0 Å². The number of thioether (sulfide) groups is 1. The van der Waals surface area contributed by atoms with Gasteiger partial charge >= 0.3 is 0 Å². The lowest BCUT2D eigenvalue weighted by molar-refractivity contribution is -0.114. The summed E-state index contributed by atoms with van der Waals surface area (Å²) < 4.78 is 0. The third-order valence-electron chi connectivity index (χ3n) is 5.89. The summed E-state index contributed by atoms with van der Waals surface area (Å²) in [5.41, 5.74) is 2.72. The number of aryl methyl sites for hydroxylation is 1. The lowest BCUT2D eigenvalue weighted by atomic mass is 9.89. The first-order chi connectivity index (χ1) is 15.5. The van der Waals surface area contributed by atoms with Crippen LogP contribution in [0.3, 0.4) is 0 Å². The number of rotatable bonds is 6. The van der Waals surface area contributed by atoms with Crippen molar-refractivity contribution < 1.29 is 9.59 Å². The number of carbonyl (C=O) groups excluding carboxylic acids is 2. The van der Waals surface area contributed by atoms with E-state index < -0.39 is 0 Å². The molecular weight excluding hydrogens is 440 g/mol. The van der Waals surface area contributed by atoms with E-state index in [1.165, 1.54) is 40.9 Å². The normalized spacial score (nSPS) is 17.8. The maximum absolute atomic E-state index is 12.7. The fourth-order valence-electron chi connectivity index (χ4n) is 4.16. The highest BCUT2D eigenvalue weighted by Crippen LogP contribution is 2.44. The number of fused-ring (bicyclic) bond motifs is 3. The molecule has 1 fully saturated rings. The summed E-state index contributed by atoms with van der Waals surface area (Å²) in [5, 5.41) is 7.79. The highest BCUT2D eigenvalue weighted by Gasteiger charge is 2.30. The average molecular weight is 467 g/mol. The molecule has 8 heteroatoms. The number of carbonyl (C=O) groups is 2. The van der Waals surface area contributed by atoms with Gasteiger partial charge < -0.3 is 10.6 Å². The third-order valence-corrected chi connectivity index (χ3v) is 8.01. The molecular formula is C24H26N4O2S2. The molecule has 2 aromatic heterocycles. The number of anilines is 2. The molecule has 1 aromatic carbocycles. The van der Waals surface area contributed by atoms with E-state index in [0.717, 1.165) is 41.4 Å². The molecule has 0 saturated heterocycles. The summed E-state index contributed by atoms with van der Waals surface area (Å²) in [4.78, 5) is 36.3. The Hall–Kier alpha value is -2.45. The van der Waals surface area contributed by atoms with Crippen molar-refractivity contribution in [3.05, 3.63) is 40.5 Å². The van der Waals surface area contributed by atoms with Crippen molar-refractivity contribution in [2.45, 2.75) is 56.9 Å². The molecule has 2 N–H and O–H groups in total. The zero-order chi connectivity index (χ0) is 22.2. The van der Waals surface area contributed by atoms with Gasteiger partial charge in [0.1, 0.15) is 15.7 Å². The Bertz CT molecular complexity index is 1200. The van der Waals surface area contributed by atoms with Crippen LogP contribution in [0.2, 0.25) is 0 Å². The van der Waals surface area contributed by atoms with Crippen molar-refractivity contribution in [3.8, 4) is 0 Å². The number of hydrogen-bond donors (Lipinski definition) is 2. The molecule has 2 aliphatic carbocycles. The van der Waals surface area contributed by atoms with E-state index in [1.54, 1.807) is 12.1 Å². The molecule has 166 valence electrons. The molecule has 5 rings (SSSR count). The molecule has 0 bridgehead atoms. The SMILES string of the molecule is CC(=O)Nc1cccc(NC(=O)CSc2nc(C3CC3)nc3sc4c(c23)CC[C@H](C)C4)c1. The Morgan fingerprint density at radius 3 is 2.69 bits per heavy atom. The van der Waals surface area contributed by atoms with Crippen LogP contribution in [0.1, 0.15) is 55.3 Å². The molecule has 32 heavy (non-hydrogen) atoms. The largest absolute Gasteiger partial charge is 0.326 e. The van der Waals surface area contributed by atoms with Crippen LogP contribution in [0.4, 0.5) is 11.4 Å². The minimum Gasteiger partial charge on any atom is -0.326 e. The lowest BCUT2D eigenvalue weighted by Crippen LogP contribution is -2.15. The van der Waals surface area contributed by atoms with E-state index in [2.05, 4.69) is 17.6 Å². The highest BCUT2D eigenvalue weighted by atomic mass is 32.2. The number of aromatic nitrogens is 2. The first-order valence-corrected chi connectivity index (χ1v) is 12.9. The molecule has 2 aliphatic rings. The molecule has 0 radical (unpaired) electrons. The van der Waals surface area contributed by atoms with Gasteiger partial charge in [0.05, 0.1) is 5.75 Å². The summed E-state index contributed by atoms with van der Waals surface area (Å²) in [6.45, 7) is 3.78. The van der Waals surface area contributed by atoms with Gasteiger partial charge in [0, 0.05) is 34.5 Å². The molecule has 6 nitrogen and oxygen atoms in total. The van der Waals surface area contributed by atoms with Crippen LogP contribution in [0.5, 0.6) is 0 Å². The number of nitrogens with zero attached hydrogens (tertiary/aromatic N) is 2. The van der Waals surface area contributed by atoms with Gasteiger partial charge in [0.2, 0.25) is 11.8 Å². The van der Waals surface area contributed by atoms with Crippen molar-refractivity contribution >= 4 is 56.5 Å². The van der Waals surface area contributed by atoms with Crippen molar-refractivity contribution in [3.63, 3.8) is 0 Å². The van der Waals surface area contributed by atoms with Gasteiger partial charge in [-0.1, -0.05) is 24.8 Å². The van der Waals surface area contributed by atoms with Gasteiger partial charge in [0.25, 0.3) is 0 Å². The van der Waals surface area contributed by atoms with Gasteiger partial charge in [-0.3, -0.25) is 9.59 Å². The lowest BCUT2D eigenvalue weighted by Gasteiger charge is -2.18. The van der Waals surface area contributed by atoms with Crippen LogP contribution >= 0.6 is 23.1 Å². The second kappa shape index (κ2) is 8.83. The Kier molecular flexibility index (Phi) is 5.90. The summed E-state index contributed by atoms with van der Waals surface area (Å²) >= 11 is 3.32. The zero-order valence-corrected chi connectivity index (χ0v) is 19.9. The van der Waals surface area contributed by atoms with Crippen LogP contribution < -0.4 is 10.6 Å². The van der Waals surface area contributed by atoms with Gasteiger partial charge in [-0.15, -0.1) is 11.3 Å². The zero-order valence-electron chi connectivity index (χ0n) is 18.2. The molecule has 1 saturated carbocycles. The molecule has 0 unspecified atom stereocenters. The van der Waals surface area contributed by atoms with Crippen molar-refractivity contribution in [1.82, 2.24) is 9.97 Å². The summed E-state index contributed by atoms with van der Waals surface area (Å²) in [6.07, 6.45) is 5.69. The average Bonchev–Trinajstić information content (AvgIpc) is 3.52. The molecule has 2 heterocycles. The van der Waals surface area contributed by atoms with Crippen LogP contribution in [-0.4, -0.2) is 27.5 Å². The maximum Gasteiger partial charge on any atom is 0.234 e.